The molecule has 0 amide bonds. The number of hydrogen-bond donors (Lipinski definition) is 0. The third kappa shape index (κ3) is 10.7. The first kappa shape index (κ1) is 15.2. The number of unbranched alkanes of at least 4 members (excludes halogenated alkanes) is 2. The van der Waals surface area contributed by atoms with Gasteiger partial charge in [-0.3, -0.25) is 9.36 Å². The van der Waals surface area contributed by atoms with E-state index in [4.69, 9.17) is 0 Å². The number of carbonyl (C=O) groups is 1. The molecule has 0 aliphatic carbocycles. The summed E-state index contributed by atoms with van der Waals surface area (Å²) in [4.78, 5) is 10.3. The van der Waals surface area contributed by atoms with E-state index in [1.165, 1.54) is 6.92 Å². The molecule has 0 heterocycles. The summed E-state index contributed by atoms with van der Waals surface area (Å²) in [6, 6.07) is 0. The van der Waals surface area contributed by atoms with Gasteiger partial charge < -0.3 is 4.52 Å². The van der Waals surface area contributed by atoms with Gasteiger partial charge in [-0.05, 0) is 6.42 Å². The van der Waals surface area contributed by atoms with Gasteiger partial charge in [0.25, 0.3) is 0 Å². The first-order chi connectivity index (χ1) is 5.16. The molecule has 1 atom stereocenters. The van der Waals surface area contributed by atoms with E-state index in [9.17, 15) is 9.36 Å². The van der Waals surface area contributed by atoms with E-state index in [1.54, 1.807) is 0 Å². The van der Waals surface area contributed by atoms with Crippen molar-refractivity contribution in [3.63, 3.8) is 0 Å². The summed E-state index contributed by atoms with van der Waals surface area (Å²) < 4.78 is 15.4. The second-order valence-corrected chi connectivity index (χ2v) is 3.87. The molecule has 0 saturated heterocycles. The van der Waals surface area contributed by atoms with Gasteiger partial charge in [0.1, 0.15) is 0 Å². The molecule has 0 N–H and O–H groups in total. The molecule has 68 valence electrons. The van der Waals surface area contributed by atoms with E-state index < -0.39 is 14.0 Å². The number of rotatable bonds is 5. The van der Waals surface area contributed by atoms with Gasteiger partial charge in [-0.2, -0.15) is 0 Å². The molecule has 0 spiro atoms. The molecule has 1 unspecified atom stereocenters. The van der Waals surface area contributed by atoms with Crippen molar-refractivity contribution >= 4 is 43.6 Å². The Morgan fingerprint density at radius 1 is 1.42 bits per heavy atom. The second kappa shape index (κ2) is 9.79. The van der Waals surface area contributed by atoms with Gasteiger partial charge in [0.05, 0.1) is 0 Å². The molecule has 0 radical (unpaired) electrons. The molecule has 0 fully saturated rings. The second-order valence-electron chi connectivity index (χ2n) is 2.42. The summed E-state index contributed by atoms with van der Waals surface area (Å²) >= 11 is 0. The fourth-order valence-electron chi connectivity index (χ4n) is 0.731. The monoisotopic (exact) mass is 202 g/mol. The van der Waals surface area contributed by atoms with Crippen molar-refractivity contribution in [2.45, 2.75) is 33.1 Å². The van der Waals surface area contributed by atoms with Crippen molar-refractivity contribution in [3.05, 3.63) is 0 Å². The molecule has 0 bridgehead atoms. The van der Waals surface area contributed by atoms with E-state index in [-0.39, 0.29) is 29.6 Å². The predicted molar refractivity (Wildman–Crippen MR) is 52.3 cm³/mol. The third-order valence-electron chi connectivity index (χ3n) is 1.24. The van der Waals surface area contributed by atoms with Gasteiger partial charge >= 0.3 is 35.5 Å². The van der Waals surface area contributed by atoms with E-state index in [0.29, 0.717) is 6.16 Å². The molecule has 0 saturated carbocycles. The van der Waals surface area contributed by atoms with Crippen LogP contribution in [0.2, 0.25) is 0 Å². The molecule has 0 aromatic rings. The molecule has 12 heavy (non-hydrogen) atoms. The Balaban J connectivity index is 0. The van der Waals surface area contributed by atoms with Crippen LogP contribution in [0.3, 0.4) is 0 Å². The third-order valence-corrected chi connectivity index (χ3v) is 2.52. The van der Waals surface area contributed by atoms with E-state index in [0.717, 1.165) is 19.3 Å². The van der Waals surface area contributed by atoms with Gasteiger partial charge in [0, 0.05) is 13.1 Å². The quantitative estimate of drug-likeness (QED) is 0.386. The molecule has 0 aromatic carbocycles. The molecule has 0 aromatic heterocycles. The predicted octanol–water partition coefficient (Wildman–Crippen LogP) is 1.57. The Kier molecular flexibility index (Phi) is 12.4. The zero-order valence-corrected chi connectivity index (χ0v) is 8.05. The van der Waals surface area contributed by atoms with Crippen molar-refractivity contribution in [3.8, 4) is 0 Å². The molecule has 5 heteroatoms. The molecule has 0 rings (SSSR count). The zero-order chi connectivity index (χ0) is 8.69. The van der Waals surface area contributed by atoms with Crippen molar-refractivity contribution in [1.82, 2.24) is 0 Å². The summed E-state index contributed by atoms with van der Waals surface area (Å²) in [5.74, 6) is -0.439. The van der Waals surface area contributed by atoms with Gasteiger partial charge in [0.15, 0.2) is 0 Å². The standard InChI is InChI=1S/C7H15O3P.Na.H/c1-3-4-5-6-11(9)10-7(2)8;;/h11H,3-6H2,1-2H3;;. The van der Waals surface area contributed by atoms with Crippen molar-refractivity contribution in [2.75, 3.05) is 6.16 Å². The first-order valence-corrected chi connectivity index (χ1v) is 5.40. The molecular weight excluding hydrogens is 186 g/mol. The van der Waals surface area contributed by atoms with Crippen molar-refractivity contribution in [1.29, 1.82) is 0 Å². The van der Waals surface area contributed by atoms with Crippen LogP contribution in [-0.4, -0.2) is 41.7 Å². The van der Waals surface area contributed by atoms with E-state index >= 15 is 0 Å². The van der Waals surface area contributed by atoms with Crippen LogP contribution in [0, 0.1) is 0 Å². The minimum atomic E-state index is -2.06. The van der Waals surface area contributed by atoms with Crippen LogP contribution in [0.25, 0.3) is 0 Å². The zero-order valence-electron chi connectivity index (χ0n) is 7.05. The average Bonchev–Trinajstić information content (AvgIpc) is 1.86. The number of carbonyl (C=O) groups excluding carboxylic acids is 1. The fraction of sp³-hybridized carbons (Fsp3) is 0.857. The van der Waals surface area contributed by atoms with E-state index in [1.807, 2.05) is 0 Å². The maximum atomic E-state index is 10.9. The Morgan fingerprint density at radius 2 is 2.00 bits per heavy atom. The molecule has 0 aliphatic rings. The van der Waals surface area contributed by atoms with Crippen LogP contribution >= 0.6 is 8.03 Å². The summed E-state index contributed by atoms with van der Waals surface area (Å²) in [5, 5.41) is 0. The maximum absolute atomic E-state index is 10.9. The van der Waals surface area contributed by atoms with Crippen LogP contribution in [0.5, 0.6) is 0 Å². The van der Waals surface area contributed by atoms with Crippen molar-refractivity contribution in [2.24, 2.45) is 0 Å². The average molecular weight is 202 g/mol. The van der Waals surface area contributed by atoms with Gasteiger partial charge in [0.2, 0.25) is 8.03 Å². The van der Waals surface area contributed by atoms with Crippen LogP contribution in [0.15, 0.2) is 0 Å². The SMILES string of the molecule is CCCCC[PH](=O)OC(C)=O.[NaH]. The Morgan fingerprint density at radius 3 is 2.42 bits per heavy atom. The van der Waals surface area contributed by atoms with E-state index in [2.05, 4.69) is 11.4 Å². The van der Waals surface area contributed by atoms with Crippen LogP contribution in [0.1, 0.15) is 33.1 Å². The number of hydrogen-bond acceptors (Lipinski definition) is 3. The van der Waals surface area contributed by atoms with Crippen LogP contribution in [0.4, 0.5) is 0 Å². The van der Waals surface area contributed by atoms with Crippen LogP contribution in [-0.2, 0) is 13.9 Å². The Hall–Kier alpha value is 0.700. The molecule has 3 nitrogen and oxygen atoms in total. The molecule has 0 aliphatic heterocycles. The van der Waals surface area contributed by atoms with Crippen molar-refractivity contribution < 1.29 is 13.9 Å². The van der Waals surface area contributed by atoms with Gasteiger partial charge in [-0.25, -0.2) is 0 Å². The summed E-state index contributed by atoms with van der Waals surface area (Å²) in [6.45, 7) is 3.35. The van der Waals surface area contributed by atoms with Gasteiger partial charge in [-0.1, -0.05) is 19.8 Å². The summed E-state index contributed by atoms with van der Waals surface area (Å²) in [6.07, 6.45) is 3.58. The summed E-state index contributed by atoms with van der Waals surface area (Å²) in [5.41, 5.74) is 0. The van der Waals surface area contributed by atoms with Crippen LogP contribution < -0.4 is 0 Å². The fourth-order valence-corrected chi connectivity index (χ4v) is 1.69. The molecular formula is C7H16NaO3P. The normalized spacial score (nSPS) is 11.5. The Bertz CT molecular complexity index is 150. The topological polar surface area (TPSA) is 43.4 Å². The minimum absolute atomic E-state index is 0. The van der Waals surface area contributed by atoms with Gasteiger partial charge in [-0.15, -0.1) is 0 Å². The Labute approximate surface area is 96.4 Å². The summed E-state index contributed by atoms with van der Waals surface area (Å²) in [7, 11) is -2.06. The first-order valence-electron chi connectivity index (χ1n) is 3.88.